The molecule has 1 rings (SSSR count). The minimum atomic E-state index is -0.907. The lowest BCUT2D eigenvalue weighted by Gasteiger charge is -2.13. The van der Waals surface area contributed by atoms with Crippen molar-refractivity contribution in [3.63, 3.8) is 0 Å². The number of hydrogen-bond donors (Lipinski definition) is 2. The van der Waals surface area contributed by atoms with Crippen LogP contribution in [0.3, 0.4) is 0 Å². The summed E-state index contributed by atoms with van der Waals surface area (Å²) >= 11 is 0. The molecular formula is C14H17NO2. The van der Waals surface area contributed by atoms with Gasteiger partial charge in [0, 0.05) is 6.54 Å². The lowest BCUT2D eigenvalue weighted by Crippen LogP contribution is -2.27. The van der Waals surface area contributed by atoms with E-state index >= 15 is 0 Å². The SMILES string of the molecule is C#CC(CCC)NCc1ccccc1C(=O)O. The summed E-state index contributed by atoms with van der Waals surface area (Å²) in [5.74, 6) is 1.76. The van der Waals surface area contributed by atoms with Crippen LogP contribution < -0.4 is 5.32 Å². The van der Waals surface area contributed by atoms with Gasteiger partial charge in [-0.05, 0) is 18.1 Å². The van der Waals surface area contributed by atoms with Gasteiger partial charge in [-0.2, -0.15) is 0 Å². The average Bonchev–Trinajstić information content (AvgIpc) is 2.34. The Balaban J connectivity index is 2.69. The van der Waals surface area contributed by atoms with Crippen molar-refractivity contribution in [3.8, 4) is 12.3 Å². The highest BCUT2D eigenvalue weighted by Gasteiger charge is 2.10. The van der Waals surface area contributed by atoms with E-state index in [0.717, 1.165) is 18.4 Å². The summed E-state index contributed by atoms with van der Waals surface area (Å²) in [4.78, 5) is 11.0. The van der Waals surface area contributed by atoms with Crippen molar-refractivity contribution in [3.05, 3.63) is 35.4 Å². The standard InChI is InChI=1S/C14H17NO2/c1-3-7-12(4-2)15-10-11-8-5-6-9-13(11)14(16)17/h2,5-6,8-9,12,15H,3,7,10H2,1H3,(H,16,17). The van der Waals surface area contributed by atoms with Crippen molar-refractivity contribution in [1.82, 2.24) is 5.32 Å². The average molecular weight is 231 g/mol. The van der Waals surface area contributed by atoms with Crippen LogP contribution in [0.2, 0.25) is 0 Å². The number of carboxylic acid groups (broad SMARTS) is 1. The number of nitrogens with one attached hydrogen (secondary N) is 1. The maximum Gasteiger partial charge on any atom is 0.336 e. The Morgan fingerprint density at radius 2 is 2.24 bits per heavy atom. The van der Waals surface area contributed by atoms with Gasteiger partial charge >= 0.3 is 5.97 Å². The maximum atomic E-state index is 11.0. The molecule has 0 saturated carbocycles. The zero-order valence-corrected chi connectivity index (χ0v) is 9.94. The monoisotopic (exact) mass is 231 g/mol. The molecule has 17 heavy (non-hydrogen) atoms. The molecule has 0 heterocycles. The molecule has 0 radical (unpaired) electrons. The molecule has 1 aromatic rings. The normalized spacial score (nSPS) is 11.8. The third-order valence-electron chi connectivity index (χ3n) is 2.57. The van der Waals surface area contributed by atoms with Crippen molar-refractivity contribution >= 4 is 5.97 Å². The van der Waals surface area contributed by atoms with Gasteiger partial charge in [0.25, 0.3) is 0 Å². The second-order valence-corrected chi connectivity index (χ2v) is 3.85. The lowest BCUT2D eigenvalue weighted by molar-refractivity contribution is 0.0695. The highest BCUT2D eigenvalue weighted by atomic mass is 16.4. The third kappa shape index (κ3) is 3.93. The third-order valence-corrected chi connectivity index (χ3v) is 2.57. The molecule has 90 valence electrons. The first-order valence-electron chi connectivity index (χ1n) is 5.69. The van der Waals surface area contributed by atoms with E-state index in [1.54, 1.807) is 18.2 Å². The Labute approximate surface area is 102 Å². The van der Waals surface area contributed by atoms with E-state index in [9.17, 15) is 4.79 Å². The Hall–Kier alpha value is -1.79. The highest BCUT2D eigenvalue weighted by molar-refractivity contribution is 5.89. The summed E-state index contributed by atoms with van der Waals surface area (Å²) in [5.41, 5.74) is 1.09. The Kier molecular flexibility index (Phi) is 5.25. The molecule has 0 fully saturated rings. The quantitative estimate of drug-likeness (QED) is 0.738. The Morgan fingerprint density at radius 3 is 2.82 bits per heavy atom. The van der Waals surface area contributed by atoms with Gasteiger partial charge in [0.1, 0.15) is 0 Å². The van der Waals surface area contributed by atoms with Crippen molar-refractivity contribution in [1.29, 1.82) is 0 Å². The van der Waals surface area contributed by atoms with Crippen LogP contribution in [0.1, 0.15) is 35.7 Å². The highest BCUT2D eigenvalue weighted by Crippen LogP contribution is 2.09. The smallest absolute Gasteiger partial charge is 0.336 e. The van der Waals surface area contributed by atoms with Gasteiger partial charge in [-0.1, -0.05) is 37.5 Å². The molecule has 0 saturated heterocycles. The number of aromatic carboxylic acids is 1. The number of hydrogen-bond acceptors (Lipinski definition) is 2. The van der Waals surface area contributed by atoms with Crippen LogP contribution >= 0.6 is 0 Å². The predicted molar refractivity (Wildman–Crippen MR) is 67.8 cm³/mol. The Morgan fingerprint density at radius 1 is 1.53 bits per heavy atom. The molecule has 1 atom stereocenters. The van der Waals surface area contributed by atoms with E-state index in [0.29, 0.717) is 12.1 Å². The summed E-state index contributed by atoms with van der Waals surface area (Å²) in [6.45, 7) is 2.55. The van der Waals surface area contributed by atoms with Gasteiger partial charge in [-0.25, -0.2) is 4.79 Å². The summed E-state index contributed by atoms with van der Waals surface area (Å²) in [5, 5.41) is 12.2. The van der Waals surface area contributed by atoms with Crippen molar-refractivity contribution < 1.29 is 9.90 Å². The van der Waals surface area contributed by atoms with Crippen LogP contribution in [0.4, 0.5) is 0 Å². The number of terminal acetylenes is 1. The van der Waals surface area contributed by atoms with Crippen molar-refractivity contribution in [2.45, 2.75) is 32.4 Å². The van der Waals surface area contributed by atoms with Gasteiger partial charge in [0.2, 0.25) is 0 Å². The number of rotatable bonds is 6. The summed E-state index contributed by atoms with van der Waals surface area (Å²) < 4.78 is 0. The largest absolute Gasteiger partial charge is 0.478 e. The van der Waals surface area contributed by atoms with Crippen LogP contribution in [-0.4, -0.2) is 17.1 Å². The fourth-order valence-corrected chi connectivity index (χ4v) is 1.65. The van der Waals surface area contributed by atoms with E-state index in [1.807, 2.05) is 6.07 Å². The topological polar surface area (TPSA) is 49.3 Å². The van der Waals surface area contributed by atoms with Crippen molar-refractivity contribution in [2.24, 2.45) is 0 Å². The molecule has 1 aromatic carbocycles. The van der Waals surface area contributed by atoms with E-state index < -0.39 is 5.97 Å². The molecule has 3 nitrogen and oxygen atoms in total. The predicted octanol–water partition coefficient (Wildman–Crippen LogP) is 2.28. The molecule has 0 aliphatic carbocycles. The van der Waals surface area contributed by atoms with Crippen LogP contribution in [0.25, 0.3) is 0 Å². The van der Waals surface area contributed by atoms with E-state index in [4.69, 9.17) is 11.5 Å². The molecule has 1 unspecified atom stereocenters. The van der Waals surface area contributed by atoms with Crippen LogP contribution in [0.15, 0.2) is 24.3 Å². The second kappa shape index (κ2) is 6.72. The molecule has 0 aliphatic rings. The van der Waals surface area contributed by atoms with Crippen LogP contribution in [0.5, 0.6) is 0 Å². The Bertz CT molecular complexity index is 420. The molecule has 0 spiro atoms. The van der Waals surface area contributed by atoms with Gasteiger partial charge in [-0.3, -0.25) is 5.32 Å². The lowest BCUT2D eigenvalue weighted by atomic mass is 10.1. The van der Waals surface area contributed by atoms with Crippen LogP contribution in [-0.2, 0) is 6.54 Å². The molecule has 3 heteroatoms. The first-order chi connectivity index (χ1) is 8.19. The molecule has 0 bridgehead atoms. The molecule has 0 amide bonds. The van der Waals surface area contributed by atoms with Gasteiger partial charge in [0.05, 0.1) is 11.6 Å². The van der Waals surface area contributed by atoms with Crippen molar-refractivity contribution in [2.75, 3.05) is 0 Å². The minimum absolute atomic E-state index is 0.00171. The zero-order chi connectivity index (χ0) is 12.7. The molecule has 0 aliphatic heterocycles. The maximum absolute atomic E-state index is 11.0. The van der Waals surface area contributed by atoms with E-state index in [1.165, 1.54) is 0 Å². The van der Waals surface area contributed by atoms with E-state index in [2.05, 4.69) is 18.2 Å². The molecule has 0 aromatic heterocycles. The summed E-state index contributed by atoms with van der Waals surface area (Å²) in [6.07, 6.45) is 7.29. The number of carbonyl (C=O) groups is 1. The summed E-state index contributed by atoms with van der Waals surface area (Å²) in [7, 11) is 0. The zero-order valence-electron chi connectivity index (χ0n) is 9.94. The fraction of sp³-hybridized carbons (Fsp3) is 0.357. The first kappa shape index (κ1) is 13.3. The van der Waals surface area contributed by atoms with Crippen LogP contribution in [0, 0.1) is 12.3 Å². The number of carboxylic acids is 1. The first-order valence-corrected chi connectivity index (χ1v) is 5.69. The fourth-order valence-electron chi connectivity index (χ4n) is 1.65. The molecular weight excluding hydrogens is 214 g/mol. The van der Waals surface area contributed by atoms with E-state index in [-0.39, 0.29) is 6.04 Å². The van der Waals surface area contributed by atoms with Gasteiger partial charge in [-0.15, -0.1) is 6.42 Å². The van der Waals surface area contributed by atoms with Gasteiger partial charge < -0.3 is 5.11 Å². The van der Waals surface area contributed by atoms with Gasteiger partial charge in [0.15, 0.2) is 0 Å². The number of benzene rings is 1. The summed E-state index contributed by atoms with van der Waals surface area (Å²) in [6, 6.07) is 6.95. The second-order valence-electron chi connectivity index (χ2n) is 3.85. The molecule has 2 N–H and O–H groups in total. The minimum Gasteiger partial charge on any atom is -0.478 e.